The number of hydrogen-bond acceptors (Lipinski definition) is 4. The summed E-state index contributed by atoms with van der Waals surface area (Å²) in [6, 6.07) is 10.9. The minimum absolute atomic E-state index is 0.0433. The van der Waals surface area contributed by atoms with Crippen LogP contribution in [0, 0.1) is 12.7 Å². The fourth-order valence-electron chi connectivity index (χ4n) is 2.72. The molecule has 0 aliphatic rings. The van der Waals surface area contributed by atoms with Gasteiger partial charge in [0.1, 0.15) is 22.9 Å². The van der Waals surface area contributed by atoms with Crippen LogP contribution in [0.25, 0.3) is 11.0 Å². The fraction of sp³-hybridized carbons (Fsp3) is 0.211. The quantitative estimate of drug-likeness (QED) is 0.745. The summed E-state index contributed by atoms with van der Waals surface area (Å²) in [5, 5.41) is 13.4. The maximum atomic E-state index is 13.2. The molecule has 0 aliphatic carbocycles. The van der Waals surface area contributed by atoms with Crippen molar-refractivity contribution in [2.75, 3.05) is 13.7 Å². The van der Waals surface area contributed by atoms with Gasteiger partial charge < -0.3 is 19.6 Å². The highest BCUT2D eigenvalue weighted by Crippen LogP contribution is 2.29. The molecule has 0 saturated carbocycles. The molecule has 0 aliphatic heterocycles. The third kappa shape index (κ3) is 3.49. The zero-order valence-electron chi connectivity index (χ0n) is 13.9. The first-order valence-corrected chi connectivity index (χ1v) is 7.78. The molecule has 0 spiro atoms. The Morgan fingerprint density at radius 2 is 2.12 bits per heavy atom. The normalized spacial score (nSPS) is 12.2. The summed E-state index contributed by atoms with van der Waals surface area (Å²) in [6.07, 6.45) is -1.01. The third-order valence-electron chi connectivity index (χ3n) is 3.99. The van der Waals surface area contributed by atoms with Crippen LogP contribution >= 0.6 is 0 Å². The Bertz CT molecular complexity index is 919. The van der Waals surface area contributed by atoms with Crippen molar-refractivity contribution in [3.63, 3.8) is 0 Å². The van der Waals surface area contributed by atoms with E-state index in [0.717, 1.165) is 0 Å². The third-order valence-corrected chi connectivity index (χ3v) is 3.99. The molecule has 25 heavy (non-hydrogen) atoms. The Morgan fingerprint density at radius 3 is 2.84 bits per heavy atom. The molecule has 3 aromatic rings. The first-order valence-electron chi connectivity index (χ1n) is 7.78. The zero-order chi connectivity index (χ0) is 18.0. The van der Waals surface area contributed by atoms with Gasteiger partial charge in [0.2, 0.25) is 0 Å². The standard InChI is InChI=1S/C19H18FNO4/c1-11-18(15-9-14(24-2)6-7-17(15)25-11)19(23)21-10-16(22)12-4-3-5-13(20)8-12/h3-9,16,22H,10H2,1-2H3,(H,21,23). The molecule has 0 fully saturated rings. The van der Waals surface area contributed by atoms with Gasteiger partial charge in [-0.2, -0.15) is 0 Å². The predicted molar refractivity (Wildman–Crippen MR) is 91.2 cm³/mol. The molecule has 6 heteroatoms. The van der Waals surface area contributed by atoms with E-state index >= 15 is 0 Å². The lowest BCUT2D eigenvalue weighted by Gasteiger charge is -2.12. The van der Waals surface area contributed by atoms with Crippen molar-refractivity contribution in [1.82, 2.24) is 5.32 Å². The highest BCUT2D eigenvalue weighted by molar-refractivity contribution is 6.07. The number of ether oxygens (including phenoxy) is 1. The second kappa shape index (κ2) is 6.94. The number of halogens is 1. The summed E-state index contributed by atoms with van der Waals surface area (Å²) in [4.78, 5) is 12.5. The monoisotopic (exact) mass is 343 g/mol. The average Bonchev–Trinajstić information content (AvgIpc) is 2.94. The van der Waals surface area contributed by atoms with Crippen molar-refractivity contribution in [3.8, 4) is 5.75 Å². The van der Waals surface area contributed by atoms with Crippen LogP contribution in [-0.2, 0) is 0 Å². The van der Waals surface area contributed by atoms with Crippen molar-refractivity contribution in [3.05, 3.63) is 65.2 Å². The number of aliphatic hydroxyl groups excluding tert-OH is 1. The fourth-order valence-corrected chi connectivity index (χ4v) is 2.72. The maximum Gasteiger partial charge on any atom is 0.255 e. The Kier molecular flexibility index (Phi) is 4.72. The van der Waals surface area contributed by atoms with Crippen LogP contribution in [0.15, 0.2) is 46.9 Å². The van der Waals surface area contributed by atoms with E-state index in [1.807, 2.05) is 0 Å². The van der Waals surface area contributed by atoms with Crippen molar-refractivity contribution in [2.45, 2.75) is 13.0 Å². The van der Waals surface area contributed by atoms with Crippen LogP contribution < -0.4 is 10.1 Å². The van der Waals surface area contributed by atoms with Gasteiger partial charge in [-0.05, 0) is 42.8 Å². The van der Waals surface area contributed by atoms with E-state index in [0.29, 0.717) is 33.6 Å². The molecule has 1 atom stereocenters. The van der Waals surface area contributed by atoms with Crippen molar-refractivity contribution >= 4 is 16.9 Å². The second-order valence-electron chi connectivity index (χ2n) is 5.68. The number of aliphatic hydroxyl groups is 1. The minimum atomic E-state index is -1.01. The molecule has 0 saturated heterocycles. The van der Waals surface area contributed by atoms with Gasteiger partial charge in [-0.25, -0.2) is 4.39 Å². The zero-order valence-corrected chi connectivity index (χ0v) is 13.9. The number of carbonyl (C=O) groups is 1. The number of nitrogens with one attached hydrogen (secondary N) is 1. The molecule has 1 amide bonds. The molecular weight excluding hydrogens is 325 g/mol. The molecule has 1 unspecified atom stereocenters. The number of rotatable bonds is 5. The van der Waals surface area contributed by atoms with Gasteiger partial charge in [0, 0.05) is 11.9 Å². The first-order chi connectivity index (χ1) is 12.0. The second-order valence-corrected chi connectivity index (χ2v) is 5.68. The number of furan rings is 1. The van der Waals surface area contributed by atoms with Crippen LogP contribution in [0.4, 0.5) is 4.39 Å². The molecule has 2 N–H and O–H groups in total. The first kappa shape index (κ1) is 17.0. The average molecular weight is 343 g/mol. The number of benzene rings is 2. The van der Waals surface area contributed by atoms with Crippen LogP contribution in [0.5, 0.6) is 5.75 Å². The molecule has 1 aromatic heterocycles. The van der Waals surface area contributed by atoms with Gasteiger partial charge in [-0.3, -0.25) is 4.79 Å². The van der Waals surface area contributed by atoms with Crippen LogP contribution in [0.1, 0.15) is 27.8 Å². The van der Waals surface area contributed by atoms with Gasteiger partial charge in [0.15, 0.2) is 0 Å². The smallest absolute Gasteiger partial charge is 0.255 e. The maximum absolute atomic E-state index is 13.2. The lowest BCUT2D eigenvalue weighted by Crippen LogP contribution is -2.28. The molecule has 0 bridgehead atoms. The lowest BCUT2D eigenvalue weighted by atomic mass is 10.1. The molecule has 1 heterocycles. The largest absolute Gasteiger partial charge is 0.497 e. The summed E-state index contributed by atoms with van der Waals surface area (Å²) < 4.78 is 24.0. The SMILES string of the molecule is COc1ccc2oc(C)c(C(=O)NCC(O)c3cccc(F)c3)c2c1. The van der Waals surface area contributed by atoms with Gasteiger partial charge in [0.05, 0.1) is 18.8 Å². The van der Waals surface area contributed by atoms with Crippen molar-refractivity contribution in [1.29, 1.82) is 0 Å². The molecule has 5 nitrogen and oxygen atoms in total. The van der Waals surface area contributed by atoms with E-state index in [2.05, 4.69) is 5.32 Å². The summed E-state index contributed by atoms with van der Waals surface area (Å²) in [5.41, 5.74) is 1.37. The summed E-state index contributed by atoms with van der Waals surface area (Å²) in [5.74, 6) is 0.273. The number of hydrogen-bond donors (Lipinski definition) is 2. The van der Waals surface area contributed by atoms with Crippen LogP contribution in [0.3, 0.4) is 0 Å². The summed E-state index contributed by atoms with van der Waals surface area (Å²) in [6.45, 7) is 1.66. The van der Waals surface area contributed by atoms with E-state index in [-0.39, 0.29) is 12.5 Å². The molecule has 0 radical (unpaired) electrons. The van der Waals surface area contributed by atoms with E-state index in [9.17, 15) is 14.3 Å². The molecule has 2 aromatic carbocycles. The predicted octanol–water partition coefficient (Wildman–Crippen LogP) is 3.35. The topological polar surface area (TPSA) is 71.7 Å². The van der Waals surface area contributed by atoms with E-state index < -0.39 is 11.9 Å². The van der Waals surface area contributed by atoms with Crippen LogP contribution in [-0.4, -0.2) is 24.7 Å². The number of methoxy groups -OCH3 is 1. The van der Waals surface area contributed by atoms with E-state index in [4.69, 9.17) is 9.15 Å². The molecule has 3 rings (SSSR count). The number of aryl methyl sites for hydroxylation is 1. The van der Waals surface area contributed by atoms with Gasteiger partial charge in [-0.1, -0.05) is 12.1 Å². The van der Waals surface area contributed by atoms with Gasteiger partial charge >= 0.3 is 0 Å². The van der Waals surface area contributed by atoms with Crippen molar-refractivity contribution < 1.29 is 23.4 Å². The lowest BCUT2D eigenvalue weighted by molar-refractivity contribution is 0.0916. The number of fused-ring (bicyclic) bond motifs is 1. The minimum Gasteiger partial charge on any atom is -0.497 e. The molecular formula is C19H18FNO4. The Labute approximate surface area is 144 Å². The Morgan fingerprint density at radius 1 is 1.32 bits per heavy atom. The highest BCUT2D eigenvalue weighted by atomic mass is 19.1. The highest BCUT2D eigenvalue weighted by Gasteiger charge is 2.20. The number of carbonyl (C=O) groups excluding carboxylic acids is 1. The Hall–Kier alpha value is -2.86. The Balaban J connectivity index is 1.79. The van der Waals surface area contributed by atoms with Crippen molar-refractivity contribution in [2.24, 2.45) is 0 Å². The van der Waals surface area contributed by atoms with Gasteiger partial charge in [0.25, 0.3) is 5.91 Å². The van der Waals surface area contributed by atoms with E-state index in [1.165, 1.54) is 18.2 Å². The molecule has 130 valence electrons. The summed E-state index contributed by atoms with van der Waals surface area (Å²) >= 11 is 0. The van der Waals surface area contributed by atoms with Gasteiger partial charge in [-0.15, -0.1) is 0 Å². The van der Waals surface area contributed by atoms with Crippen LogP contribution in [0.2, 0.25) is 0 Å². The summed E-state index contributed by atoms with van der Waals surface area (Å²) in [7, 11) is 1.54. The number of amides is 1. The van der Waals surface area contributed by atoms with E-state index in [1.54, 1.807) is 38.3 Å².